The van der Waals surface area contributed by atoms with Crippen LogP contribution in [0.2, 0.25) is 0 Å². The van der Waals surface area contributed by atoms with Gasteiger partial charge in [0.15, 0.2) is 0 Å². The smallest absolute Gasteiger partial charge is 0.325 e. The van der Waals surface area contributed by atoms with Crippen molar-refractivity contribution in [1.82, 2.24) is 15.3 Å². The molecule has 1 aliphatic rings. The van der Waals surface area contributed by atoms with Gasteiger partial charge in [-0.1, -0.05) is 12.1 Å². The second-order valence-corrected chi connectivity index (χ2v) is 6.54. The number of nitrogens with zero attached hydrogens (tertiary/aromatic N) is 1. The van der Waals surface area contributed by atoms with Gasteiger partial charge in [0, 0.05) is 30.9 Å². The number of aryl methyl sites for hydroxylation is 1. The highest BCUT2D eigenvalue weighted by atomic mass is 19.1. The minimum absolute atomic E-state index is 0.0955. The molecular formula is C18H21FN4O3. The molecule has 1 aromatic carbocycles. The van der Waals surface area contributed by atoms with E-state index in [0.717, 1.165) is 13.0 Å². The highest BCUT2D eigenvalue weighted by Crippen LogP contribution is 2.25. The summed E-state index contributed by atoms with van der Waals surface area (Å²) < 4.78 is 13.9. The first-order valence-electron chi connectivity index (χ1n) is 8.52. The van der Waals surface area contributed by atoms with Crippen LogP contribution in [0.1, 0.15) is 17.7 Å². The Bertz CT molecular complexity index is 921. The van der Waals surface area contributed by atoms with E-state index >= 15 is 0 Å². The lowest BCUT2D eigenvalue weighted by Crippen LogP contribution is -2.35. The normalized spacial score (nSPS) is 16.7. The largest absolute Gasteiger partial charge is 0.369 e. The molecule has 2 heterocycles. The fourth-order valence-corrected chi connectivity index (χ4v) is 3.25. The van der Waals surface area contributed by atoms with Crippen molar-refractivity contribution < 1.29 is 9.18 Å². The topological polar surface area (TPSA) is 98.1 Å². The van der Waals surface area contributed by atoms with E-state index in [-0.39, 0.29) is 29.6 Å². The number of amides is 1. The maximum atomic E-state index is 13.9. The van der Waals surface area contributed by atoms with Gasteiger partial charge in [0.25, 0.3) is 5.56 Å². The number of aromatic amines is 2. The summed E-state index contributed by atoms with van der Waals surface area (Å²) in [5, 5.41) is 2.82. The lowest BCUT2D eigenvalue weighted by molar-refractivity contribution is -0.120. The molecule has 0 aliphatic carbocycles. The average Bonchev–Trinajstić information content (AvgIpc) is 3.05. The van der Waals surface area contributed by atoms with Gasteiger partial charge < -0.3 is 15.2 Å². The van der Waals surface area contributed by atoms with Crippen LogP contribution in [0, 0.1) is 18.7 Å². The molecule has 1 aliphatic heterocycles. The number of halogens is 1. The first kappa shape index (κ1) is 17.9. The molecule has 7 nitrogen and oxygen atoms in total. The Morgan fingerprint density at radius 2 is 2.08 bits per heavy atom. The molecule has 138 valence electrons. The molecule has 0 saturated carbocycles. The highest BCUT2D eigenvalue weighted by Gasteiger charge is 2.24. The lowest BCUT2D eigenvalue weighted by Gasteiger charge is -2.19. The quantitative estimate of drug-likeness (QED) is 0.731. The standard InChI is InChI=1S/C18H21FN4O3/c1-11-13(17(25)22-18(26)21-11)8-16(24)20-9-12-6-7-23(10-12)15-5-3-2-4-14(15)19/h2-5,12H,6-10H2,1H3,(H,20,24)(H2,21,22,25,26). The Morgan fingerprint density at radius 1 is 1.31 bits per heavy atom. The molecule has 1 amide bonds. The minimum Gasteiger partial charge on any atom is -0.369 e. The van der Waals surface area contributed by atoms with Gasteiger partial charge in [0.1, 0.15) is 5.82 Å². The second kappa shape index (κ2) is 7.55. The maximum Gasteiger partial charge on any atom is 0.325 e. The van der Waals surface area contributed by atoms with Crippen LogP contribution in [0.25, 0.3) is 0 Å². The zero-order valence-electron chi connectivity index (χ0n) is 14.5. The van der Waals surface area contributed by atoms with Crippen molar-refractivity contribution in [2.45, 2.75) is 19.8 Å². The number of hydrogen-bond acceptors (Lipinski definition) is 4. The minimum atomic E-state index is -0.587. The van der Waals surface area contributed by atoms with Crippen LogP contribution in [-0.4, -0.2) is 35.5 Å². The Labute approximate surface area is 149 Å². The molecule has 1 unspecified atom stereocenters. The Kier molecular flexibility index (Phi) is 5.20. The number of H-pyrrole nitrogens is 2. The molecule has 0 radical (unpaired) electrons. The molecular weight excluding hydrogens is 339 g/mol. The molecule has 2 aromatic rings. The fourth-order valence-electron chi connectivity index (χ4n) is 3.25. The van der Waals surface area contributed by atoms with Crippen molar-refractivity contribution in [1.29, 1.82) is 0 Å². The van der Waals surface area contributed by atoms with E-state index in [0.29, 0.717) is 24.5 Å². The fraction of sp³-hybridized carbons (Fsp3) is 0.389. The summed E-state index contributed by atoms with van der Waals surface area (Å²) in [6, 6.07) is 6.65. The molecule has 26 heavy (non-hydrogen) atoms. The summed E-state index contributed by atoms with van der Waals surface area (Å²) in [5.74, 6) is -0.312. The third kappa shape index (κ3) is 4.01. The SMILES string of the molecule is Cc1[nH]c(=O)[nH]c(=O)c1CC(=O)NCC1CCN(c2ccccc2F)C1. The number of benzene rings is 1. The zero-order valence-corrected chi connectivity index (χ0v) is 14.5. The van der Waals surface area contributed by atoms with Crippen LogP contribution in [-0.2, 0) is 11.2 Å². The molecule has 1 aromatic heterocycles. The van der Waals surface area contributed by atoms with Crippen LogP contribution in [0.15, 0.2) is 33.9 Å². The average molecular weight is 360 g/mol. The van der Waals surface area contributed by atoms with Crippen molar-refractivity contribution in [3.05, 3.63) is 62.2 Å². The summed E-state index contributed by atoms with van der Waals surface area (Å²) in [5.41, 5.74) is 0.0857. The number of aromatic nitrogens is 2. The molecule has 1 fully saturated rings. The molecule has 1 saturated heterocycles. The van der Waals surface area contributed by atoms with Crippen LogP contribution in [0.5, 0.6) is 0 Å². The monoisotopic (exact) mass is 360 g/mol. The van der Waals surface area contributed by atoms with Crippen molar-refractivity contribution in [3.63, 3.8) is 0 Å². The first-order chi connectivity index (χ1) is 12.4. The van der Waals surface area contributed by atoms with Crippen LogP contribution in [0.3, 0.4) is 0 Å². The van der Waals surface area contributed by atoms with Gasteiger partial charge in [-0.05, 0) is 31.4 Å². The van der Waals surface area contributed by atoms with Crippen LogP contribution in [0.4, 0.5) is 10.1 Å². The number of anilines is 1. The van der Waals surface area contributed by atoms with Crippen molar-refractivity contribution in [2.24, 2.45) is 5.92 Å². The van der Waals surface area contributed by atoms with Crippen molar-refractivity contribution in [2.75, 3.05) is 24.5 Å². The lowest BCUT2D eigenvalue weighted by atomic mass is 10.1. The van der Waals surface area contributed by atoms with Gasteiger partial charge in [-0.2, -0.15) is 0 Å². The number of para-hydroxylation sites is 1. The predicted octanol–water partition coefficient (Wildman–Crippen LogP) is 0.696. The molecule has 3 rings (SSSR count). The van der Waals surface area contributed by atoms with E-state index in [4.69, 9.17) is 0 Å². The first-order valence-corrected chi connectivity index (χ1v) is 8.52. The zero-order chi connectivity index (χ0) is 18.7. The molecule has 0 bridgehead atoms. The van der Waals surface area contributed by atoms with Gasteiger partial charge in [-0.15, -0.1) is 0 Å². The van der Waals surface area contributed by atoms with E-state index < -0.39 is 11.2 Å². The summed E-state index contributed by atoms with van der Waals surface area (Å²) in [4.78, 5) is 41.7. The maximum absolute atomic E-state index is 13.9. The third-order valence-electron chi connectivity index (χ3n) is 4.66. The summed E-state index contributed by atoms with van der Waals surface area (Å²) in [7, 11) is 0. The third-order valence-corrected chi connectivity index (χ3v) is 4.66. The van der Waals surface area contributed by atoms with Gasteiger partial charge in [0.05, 0.1) is 12.1 Å². The van der Waals surface area contributed by atoms with Gasteiger partial charge >= 0.3 is 5.69 Å². The van der Waals surface area contributed by atoms with Gasteiger partial charge in [-0.25, -0.2) is 9.18 Å². The van der Waals surface area contributed by atoms with Crippen molar-refractivity contribution in [3.8, 4) is 0 Å². The molecule has 0 spiro atoms. The van der Waals surface area contributed by atoms with E-state index in [1.165, 1.54) is 6.07 Å². The summed E-state index contributed by atoms with van der Waals surface area (Å²) in [6.45, 7) is 3.45. The Balaban J connectivity index is 1.54. The molecule has 8 heteroatoms. The molecule has 3 N–H and O–H groups in total. The highest BCUT2D eigenvalue weighted by molar-refractivity contribution is 5.78. The Hall–Kier alpha value is -2.90. The number of rotatable bonds is 5. The number of nitrogens with one attached hydrogen (secondary N) is 3. The molecule has 1 atom stereocenters. The van der Waals surface area contributed by atoms with E-state index in [2.05, 4.69) is 15.3 Å². The van der Waals surface area contributed by atoms with Crippen LogP contribution >= 0.6 is 0 Å². The van der Waals surface area contributed by atoms with E-state index in [1.54, 1.807) is 25.1 Å². The number of carbonyl (C=O) groups excluding carboxylic acids is 1. The second-order valence-electron chi connectivity index (χ2n) is 6.54. The van der Waals surface area contributed by atoms with Gasteiger partial charge in [0.2, 0.25) is 5.91 Å². The van der Waals surface area contributed by atoms with E-state index in [1.807, 2.05) is 4.90 Å². The number of carbonyl (C=O) groups is 1. The van der Waals surface area contributed by atoms with Gasteiger partial charge in [-0.3, -0.25) is 14.6 Å². The number of hydrogen-bond donors (Lipinski definition) is 3. The predicted molar refractivity (Wildman–Crippen MR) is 95.9 cm³/mol. The van der Waals surface area contributed by atoms with Crippen LogP contribution < -0.4 is 21.5 Å². The van der Waals surface area contributed by atoms with E-state index in [9.17, 15) is 18.8 Å². The Morgan fingerprint density at radius 3 is 2.81 bits per heavy atom. The van der Waals surface area contributed by atoms with Crippen molar-refractivity contribution >= 4 is 11.6 Å². The summed E-state index contributed by atoms with van der Waals surface area (Å²) >= 11 is 0. The summed E-state index contributed by atoms with van der Waals surface area (Å²) in [6.07, 6.45) is 0.759.